The fraction of sp³-hybridized carbons (Fsp3) is 0.200. The molecule has 3 aromatic rings. The number of fused-ring (bicyclic) bond motifs is 3. The largest absolute Gasteiger partial charge is 0.347 e. The molecule has 0 radical (unpaired) electrons. The molecule has 0 aliphatic rings. The van der Waals surface area contributed by atoms with Crippen molar-refractivity contribution in [2.45, 2.75) is 13.8 Å². The Morgan fingerprint density at radius 3 is 2.70 bits per heavy atom. The molecular weight excluding hydrogens is 252 g/mol. The molecule has 3 N–H and O–H groups in total. The van der Waals surface area contributed by atoms with Crippen molar-refractivity contribution in [2.24, 2.45) is 5.73 Å². The lowest BCUT2D eigenvalue weighted by molar-refractivity contribution is 1.02. The molecule has 2 aromatic heterocycles. The van der Waals surface area contributed by atoms with Crippen LogP contribution in [0.5, 0.6) is 0 Å². The monoisotopic (exact) mass is 270 g/mol. The molecule has 104 valence electrons. The number of rotatable bonds is 2. The summed E-state index contributed by atoms with van der Waals surface area (Å²) in [6.07, 6.45) is 5.55. The minimum atomic E-state index is -0.238. The number of aromatic amines is 1. The molecule has 0 unspecified atom stereocenters. The summed E-state index contributed by atoms with van der Waals surface area (Å²) in [5, 5.41) is 8.49. The number of nitrogens with one attached hydrogen (secondary N) is 1. The van der Waals surface area contributed by atoms with Crippen molar-refractivity contribution in [2.75, 3.05) is 6.54 Å². The van der Waals surface area contributed by atoms with Gasteiger partial charge in [-0.25, -0.2) is 14.3 Å². The maximum atomic E-state index is 11.6. The van der Waals surface area contributed by atoms with Crippen LogP contribution in [-0.2, 0) is 0 Å². The molecule has 0 saturated heterocycles. The van der Waals surface area contributed by atoms with Crippen molar-refractivity contribution in [3.63, 3.8) is 0 Å². The Balaban J connectivity index is 0.000000704. The minimum Gasteiger partial charge on any atom is -0.327 e. The molecule has 0 amide bonds. The second-order valence-corrected chi connectivity index (χ2v) is 3.99. The molecule has 0 aliphatic carbocycles. The van der Waals surface area contributed by atoms with E-state index in [2.05, 4.69) is 10.2 Å². The van der Waals surface area contributed by atoms with Crippen LogP contribution in [0, 0.1) is 0 Å². The Kier molecular flexibility index (Phi) is 4.32. The van der Waals surface area contributed by atoms with Gasteiger partial charge in [0.1, 0.15) is 0 Å². The van der Waals surface area contributed by atoms with Crippen LogP contribution in [0.1, 0.15) is 19.4 Å². The van der Waals surface area contributed by atoms with Crippen molar-refractivity contribution in [1.82, 2.24) is 14.6 Å². The Morgan fingerprint density at radius 2 is 2.00 bits per heavy atom. The number of H-pyrrole nitrogens is 1. The summed E-state index contributed by atoms with van der Waals surface area (Å²) < 4.78 is 1.51. The summed E-state index contributed by atoms with van der Waals surface area (Å²) in [6, 6.07) is 7.84. The van der Waals surface area contributed by atoms with Crippen LogP contribution < -0.4 is 11.4 Å². The number of pyridine rings is 1. The molecule has 20 heavy (non-hydrogen) atoms. The van der Waals surface area contributed by atoms with Gasteiger partial charge in [0, 0.05) is 18.1 Å². The summed E-state index contributed by atoms with van der Waals surface area (Å²) in [5.74, 6) is 0. The van der Waals surface area contributed by atoms with Crippen molar-refractivity contribution in [3.05, 3.63) is 52.6 Å². The fourth-order valence-corrected chi connectivity index (χ4v) is 2.08. The Labute approximate surface area is 116 Å². The fourth-order valence-electron chi connectivity index (χ4n) is 2.08. The van der Waals surface area contributed by atoms with Crippen LogP contribution in [0.15, 0.2) is 41.3 Å². The topological polar surface area (TPSA) is 76.2 Å². The highest BCUT2D eigenvalue weighted by atomic mass is 16.1. The summed E-state index contributed by atoms with van der Waals surface area (Å²) >= 11 is 0. The second-order valence-electron chi connectivity index (χ2n) is 3.99. The van der Waals surface area contributed by atoms with Crippen molar-refractivity contribution in [3.8, 4) is 0 Å². The molecule has 0 aliphatic heterocycles. The van der Waals surface area contributed by atoms with Gasteiger partial charge in [0.25, 0.3) is 0 Å². The lowest BCUT2D eigenvalue weighted by Gasteiger charge is -2.03. The first-order valence-corrected chi connectivity index (χ1v) is 6.66. The van der Waals surface area contributed by atoms with Crippen LogP contribution in [-0.4, -0.2) is 21.1 Å². The van der Waals surface area contributed by atoms with E-state index in [1.165, 1.54) is 4.40 Å². The van der Waals surface area contributed by atoms with Crippen LogP contribution in [0.3, 0.4) is 0 Å². The lowest BCUT2D eigenvalue weighted by Crippen LogP contribution is -2.09. The van der Waals surface area contributed by atoms with E-state index in [0.717, 1.165) is 16.3 Å². The van der Waals surface area contributed by atoms with Gasteiger partial charge in [-0.3, -0.25) is 0 Å². The van der Waals surface area contributed by atoms with Gasteiger partial charge in [-0.05, 0) is 10.9 Å². The van der Waals surface area contributed by atoms with Gasteiger partial charge in [0.2, 0.25) is 0 Å². The zero-order valence-corrected chi connectivity index (χ0v) is 11.6. The van der Waals surface area contributed by atoms with E-state index >= 15 is 0 Å². The molecule has 5 nitrogen and oxygen atoms in total. The zero-order valence-electron chi connectivity index (χ0n) is 11.6. The van der Waals surface area contributed by atoms with Gasteiger partial charge in [-0.2, -0.15) is 5.10 Å². The van der Waals surface area contributed by atoms with Crippen molar-refractivity contribution >= 4 is 22.5 Å². The number of aromatic nitrogens is 3. The van der Waals surface area contributed by atoms with Gasteiger partial charge in [-0.1, -0.05) is 50.3 Å². The predicted molar refractivity (Wildman–Crippen MR) is 82.8 cm³/mol. The maximum absolute atomic E-state index is 11.6. The highest BCUT2D eigenvalue weighted by Gasteiger charge is 2.07. The first-order valence-electron chi connectivity index (χ1n) is 6.66. The van der Waals surface area contributed by atoms with Gasteiger partial charge in [0.05, 0.1) is 0 Å². The number of hydrogen-bond acceptors (Lipinski definition) is 3. The number of benzene rings is 1. The quantitative estimate of drug-likeness (QED) is 0.749. The van der Waals surface area contributed by atoms with Crippen molar-refractivity contribution < 1.29 is 0 Å². The summed E-state index contributed by atoms with van der Waals surface area (Å²) in [5.41, 5.74) is 6.82. The molecule has 0 bridgehead atoms. The maximum Gasteiger partial charge on any atom is 0.347 e. The van der Waals surface area contributed by atoms with Gasteiger partial charge in [0.15, 0.2) is 5.65 Å². The second kappa shape index (κ2) is 6.16. The first-order chi connectivity index (χ1) is 9.81. The van der Waals surface area contributed by atoms with Gasteiger partial charge >= 0.3 is 5.69 Å². The van der Waals surface area contributed by atoms with Crippen LogP contribution >= 0.6 is 0 Å². The van der Waals surface area contributed by atoms with Gasteiger partial charge in [-0.15, -0.1) is 0 Å². The average Bonchev–Trinajstić information content (AvgIpc) is 2.88. The molecule has 0 fully saturated rings. The van der Waals surface area contributed by atoms with E-state index < -0.39 is 0 Å². The Bertz CT molecular complexity index is 798. The Morgan fingerprint density at radius 1 is 1.30 bits per heavy atom. The van der Waals surface area contributed by atoms with E-state index in [1.54, 1.807) is 6.20 Å². The SMILES string of the molecule is CC.NC/C=C/c1cn2c(=O)[nH]nc2c2ccccc12. The van der Waals surface area contributed by atoms with Crippen LogP contribution in [0.4, 0.5) is 0 Å². The normalized spacial score (nSPS) is 10.9. The summed E-state index contributed by atoms with van der Waals surface area (Å²) in [7, 11) is 0. The third-order valence-electron chi connectivity index (χ3n) is 2.89. The van der Waals surface area contributed by atoms with Crippen LogP contribution in [0.25, 0.3) is 22.5 Å². The third-order valence-corrected chi connectivity index (χ3v) is 2.89. The lowest BCUT2D eigenvalue weighted by atomic mass is 10.1. The van der Waals surface area contributed by atoms with E-state index in [4.69, 9.17) is 5.73 Å². The minimum absolute atomic E-state index is 0.238. The third kappa shape index (κ3) is 2.35. The summed E-state index contributed by atoms with van der Waals surface area (Å²) in [4.78, 5) is 11.6. The molecule has 1 aromatic carbocycles. The molecule has 0 spiro atoms. The standard InChI is InChI=1S/C13H12N4O.C2H6/c14-7-3-4-9-8-17-12(15-16-13(17)18)11-6-2-1-5-10(9)11;1-2/h1-6,8H,7,14H2,(H,16,18);1-2H3/b4-3+;. The molecular formula is C15H18N4O. The highest BCUT2D eigenvalue weighted by molar-refractivity contribution is 5.98. The first kappa shape index (κ1) is 14.0. The molecule has 3 rings (SSSR count). The average molecular weight is 270 g/mol. The summed E-state index contributed by atoms with van der Waals surface area (Å²) in [6.45, 7) is 4.46. The zero-order chi connectivity index (χ0) is 14.5. The van der Waals surface area contributed by atoms with E-state index in [9.17, 15) is 4.79 Å². The van der Waals surface area contributed by atoms with E-state index in [0.29, 0.717) is 12.2 Å². The number of nitrogens with two attached hydrogens (primary N) is 1. The van der Waals surface area contributed by atoms with E-state index in [1.807, 2.05) is 50.3 Å². The molecule has 2 heterocycles. The van der Waals surface area contributed by atoms with E-state index in [-0.39, 0.29) is 5.69 Å². The highest BCUT2D eigenvalue weighted by Crippen LogP contribution is 2.22. The molecule has 0 atom stereocenters. The predicted octanol–water partition coefficient (Wildman–Crippen LogP) is 2.17. The van der Waals surface area contributed by atoms with Gasteiger partial charge < -0.3 is 5.73 Å². The number of hydrogen-bond donors (Lipinski definition) is 2. The molecule has 5 heteroatoms. The number of nitrogens with zero attached hydrogens (tertiary/aromatic N) is 2. The smallest absolute Gasteiger partial charge is 0.327 e. The van der Waals surface area contributed by atoms with Crippen molar-refractivity contribution in [1.29, 1.82) is 0 Å². The molecule has 0 saturated carbocycles. The Hall–Kier alpha value is -2.40. The van der Waals surface area contributed by atoms with Crippen LogP contribution in [0.2, 0.25) is 0 Å².